The number of carbonyl (C=O) groups is 1. The summed E-state index contributed by atoms with van der Waals surface area (Å²) in [4.78, 5) is 23.4. The second-order valence-corrected chi connectivity index (χ2v) is 6.48. The number of carboxylic acids is 1. The number of nitro benzene ring substituents is 1. The summed E-state index contributed by atoms with van der Waals surface area (Å²) in [6.45, 7) is 2.02. The van der Waals surface area contributed by atoms with Gasteiger partial charge in [-0.15, -0.1) is 0 Å². The van der Waals surface area contributed by atoms with Crippen LogP contribution in [0.3, 0.4) is 0 Å². The Kier molecular flexibility index (Phi) is 5.06. The Balaban J connectivity index is 1.67. The molecular weight excluding hydrogens is 348 g/mol. The van der Waals surface area contributed by atoms with Crippen LogP contribution in [0.2, 0.25) is 5.02 Å². The van der Waals surface area contributed by atoms with E-state index < -0.39 is 10.9 Å². The molecule has 0 spiro atoms. The number of rotatable bonds is 5. The number of piperidine rings is 1. The Labute approximate surface area is 149 Å². The molecule has 0 atom stereocenters. The van der Waals surface area contributed by atoms with E-state index in [0.29, 0.717) is 43.8 Å². The number of furan rings is 1. The average molecular weight is 365 g/mol. The third-order valence-electron chi connectivity index (χ3n) is 4.41. The van der Waals surface area contributed by atoms with E-state index in [9.17, 15) is 14.9 Å². The van der Waals surface area contributed by atoms with Crippen molar-refractivity contribution in [1.82, 2.24) is 4.90 Å². The number of nitro groups is 1. The summed E-state index contributed by atoms with van der Waals surface area (Å²) in [5.74, 6) is 0.309. The van der Waals surface area contributed by atoms with Crippen molar-refractivity contribution < 1.29 is 19.2 Å². The first-order chi connectivity index (χ1) is 11.9. The number of halogens is 1. The molecular formula is C17H17ClN2O5. The number of benzene rings is 1. The van der Waals surface area contributed by atoms with Crippen LogP contribution in [0.1, 0.15) is 18.6 Å². The van der Waals surface area contributed by atoms with E-state index in [0.717, 1.165) is 5.76 Å². The van der Waals surface area contributed by atoms with Gasteiger partial charge in [-0.05, 0) is 44.1 Å². The van der Waals surface area contributed by atoms with Crippen molar-refractivity contribution >= 4 is 23.3 Å². The van der Waals surface area contributed by atoms with Gasteiger partial charge < -0.3 is 9.52 Å². The number of nitrogens with zero attached hydrogens (tertiary/aromatic N) is 2. The van der Waals surface area contributed by atoms with Crippen LogP contribution < -0.4 is 0 Å². The zero-order valence-corrected chi connectivity index (χ0v) is 14.1. The molecule has 1 aromatic heterocycles. The van der Waals surface area contributed by atoms with Gasteiger partial charge in [-0.1, -0.05) is 11.6 Å². The van der Waals surface area contributed by atoms with Gasteiger partial charge in [0.05, 0.1) is 22.4 Å². The van der Waals surface area contributed by atoms with E-state index in [1.54, 1.807) is 12.1 Å². The van der Waals surface area contributed by atoms with E-state index in [-0.39, 0.29) is 16.6 Å². The van der Waals surface area contributed by atoms with Gasteiger partial charge in [-0.2, -0.15) is 0 Å². The first-order valence-electron chi connectivity index (χ1n) is 7.92. The third kappa shape index (κ3) is 4.00. The molecule has 2 aromatic rings. The Hall–Kier alpha value is -2.38. The molecule has 1 aromatic carbocycles. The molecule has 0 aliphatic carbocycles. The van der Waals surface area contributed by atoms with Crippen LogP contribution in [0.4, 0.5) is 5.69 Å². The smallest absolute Gasteiger partial charge is 0.306 e. The summed E-state index contributed by atoms with van der Waals surface area (Å²) in [7, 11) is 0. The lowest BCUT2D eigenvalue weighted by molar-refractivity contribution is -0.384. The van der Waals surface area contributed by atoms with E-state index in [2.05, 4.69) is 4.90 Å². The Bertz CT molecular complexity index is 796. The lowest BCUT2D eigenvalue weighted by Crippen LogP contribution is -2.35. The molecule has 0 radical (unpaired) electrons. The number of non-ortho nitro benzene ring substituents is 1. The molecule has 1 aliphatic heterocycles. The van der Waals surface area contributed by atoms with E-state index in [1.165, 1.54) is 12.1 Å². The van der Waals surface area contributed by atoms with Gasteiger partial charge in [0.1, 0.15) is 11.5 Å². The highest BCUT2D eigenvalue weighted by Crippen LogP contribution is 2.32. The maximum absolute atomic E-state index is 11.0. The van der Waals surface area contributed by atoms with Crippen LogP contribution >= 0.6 is 11.6 Å². The van der Waals surface area contributed by atoms with Crippen molar-refractivity contribution in [1.29, 1.82) is 0 Å². The number of carboxylic acid groups (broad SMARTS) is 1. The van der Waals surface area contributed by atoms with Gasteiger partial charge >= 0.3 is 5.97 Å². The zero-order valence-electron chi connectivity index (χ0n) is 13.4. The van der Waals surface area contributed by atoms with Gasteiger partial charge in [0.2, 0.25) is 0 Å². The minimum absolute atomic E-state index is 0.0677. The van der Waals surface area contributed by atoms with Crippen LogP contribution in [-0.4, -0.2) is 34.0 Å². The minimum atomic E-state index is -0.729. The number of likely N-dealkylation sites (tertiary alicyclic amines) is 1. The summed E-state index contributed by atoms with van der Waals surface area (Å²) in [6, 6.07) is 7.89. The van der Waals surface area contributed by atoms with Crippen LogP contribution in [0.25, 0.3) is 11.3 Å². The molecule has 7 nitrogen and oxygen atoms in total. The van der Waals surface area contributed by atoms with Gasteiger partial charge in [0, 0.05) is 17.7 Å². The maximum Gasteiger partial charge on any atom is 0.306 e. The number of aliphatic carboxylic acids is 1. The van der Waals surface area contributed by atoms with E-state index in [1.807, 2.05) is 6.07 Å². The molecule has 1 fully saturated rings. The Morgan fingerprint density at radius 2 is 2.04 bits per heavy atom. The summed E-state index contributed by atoms with van der Waals surface area (Å²) in [6.07, 6.45) is 1.27. The Morgan fingerprint density at radius 1 is 1.32 bits per heavy atom. The summed E-state index contributed by atoms with van der Waals surface area (Å²) >= 11 is 6.12. The van der Waals surface area contributed by atoms with Crippen molar-refractivity contribution in [3.8, 4) is 11.3 Å². The molecule has 25 heavy (non-hydrogen) atoms. The van der Waals surface area contributed by atoms with E-state index in [4.69, 9.17) is 21.1 Å². The first kappa shape index (κ1) is 17.4. The van der Waals surface area contributed by atoms with Gasteiger partial charge in [0.15, 0.2) is 0 Å². The van der Waals surface area contributed by atoms with Crippen molar-refractivity contribution in [3.05, 3.63) is 51.2 Å². The summed E-state index contributed by atoms with van der Waals surface area (Å²) in [5.41, 5.74) is 0.532. The molecule has 0 amide bonds. The largest absolute Gasteiger partial charge is 0.481 e. The van der Waals surface area contributed by atoms with E-state index >= 15 is 0 Å². The van der Waals surface area contributed by atoms with Gasteiger partial charge in [-0.25, -0.2) is 0 Å². The van der Waals surface area contributed by atoms with Gasteiger partial charge in [0.25, 0.3) is 5.69 Å². The van der Waals surface area contributed by atoms with Crippen molar-refractivity contribution in [2.45, 2.75) is 19.4 Å². The van der Waals surface area contributed by atoms with Crippen molar-refractivity contribution in [2.24, 2.45) is 5.92 Å². The highest BCUT2D eigenvalue weighted by molar-refractivity contribution is 6.33. The molecule has 0 bridgehead atoms. The molecule has 3 rings (SSSR count). The second-order valence-electron chi connectivity index (χ2n) is 6.08. The lowest BCUT2D eigenvalue weighted by atomic mass is 9.97. The predicted molar refractivity (Wildman–Crippen MR) is 91.4 cm³/mol. The average Bonchev–Trinajstić information content (AvgIpc) is 3.03. The van der Waals surface area contributed by atoms with Crippen molar-refractivity contribution in [2.75, 3.05) is 13.1 Å². The molecule has 1 N–H and O–H groups in total. The quantitative estimate of drug-likeness (QED) is 0.640. The molecule has 1 saturated heterocycles. The predicted octanol–water partition coefficient (Wildman–Crippen LogP) is 3.80. The fraction of sp³-hybridized carbons (Fsp3) is 0.353. The topological polar surface area (TPSA) is 96.8 Å². The minimum Gasteiger partial charge on any atom is -0.481 e. The molecule has 0 unspecified atom stereocenters. The normalized spacial score (nSPS) is 16.0. The standard InChI is InChI=1S/C17H17ClN2O5/c18-15-9-12(20(23)24)1-3-14(15)16-4-2-13(25-16)10-19-7-5-11(6-8-19)17(21)22/h1-4,9,11H,5-8,10H2,(H,21,22). The monoisotopic (exact) mass is 364 g/mol. The van der Waals surface area contributed by atoms with Crippen LogP contribution in [0.15, 0.2) is 34.7 Å². The number of hydrogen-bond donors (Lipinski definition) is 1. The zero-order chi connectivity index (χ0) is 18.0. The molecule has 132 valence electrons. The number of hydrogen-bond acceptors (Lipinski definition) is 5. The van der Waals surface area contributed by atoms with Gasteiger partial charge in [-0.3, -0.25) is 19.8 Å². The summed E-state index contributed by atoms with van der Waals surface area (Å²) < 4.78 is 5.82. The van der Waals surface area contributed by atoms with Crippen LogP contribution in [0, 0.1) is 16.0 Å². The SMILES string of the molecule is O=C(O)C1CCN(Cc2ccc(-c3ccc([N+](=O)[O-])cc3Cl)o2)CC1. The Morgan fingerprint density at radius 3 is 2.64 bits per heavy atom. The second kappa shape index (κ2) is 7.25. The van der Waals surface area contributed by atoms with Crippen molar-refractivity contribution in [3.63, 3.8) is 0 Å². The maximum atomic E-state index is 11.0. The molecule has 2 heterocycles. The first-order valence-corrected chi connectivity index (χ1v) is 8.30. The molecule has 0 saturated carbocycles. The fourth-order valence-corrected chi connectivity index (χ4v) is 3.25. The molecule has 1 aliphatic rings. The lowest BCUT2D eigenvalue weighted by Gasteiger charge is -2.29. The highest BCUT2D eigenvalue weighted by atomic mass is 35.5. The third-order valence-corrected chi connectivity index (χ3v) is 4.72. The molecule has 8 heteroatoms. The van der Waals surface area contributed by atoms with Crippen LogP contribution in [0.5, 0.6) is 0 Å². The van der Waals surface area contributed by atoms with Crippen LogP contribution in [-0.2, 0) is 11.3 Å². The highest BCUT2D eigenvalue weighted by Gasteiger charge is 2.25. The summed E-state index contributed by atoms with van der Waals surface area (Å²) in [5, 5.41) is 20.1. The fourth-order valence-electron chi connectivity index (χ4n) is 2.98.